The quantitative estimate of drug-likeness (QED) is 0.249. The number of carbonyl (C=O) groups excluding carboxylic acids is 2. The minimum Gasteiger partial charge on any atom is -0.545 e. The van der Waals surface area contributed by atoms with E-state index in [0.717, 1.165) is 22.9 Å². The molecule has 0 saturated carbocycles. The Balaban J connectivity index is 0.00000256. The molecule has 30 heavy (non-hydrogen) atoms. The summed E-state index contributed by atoms with van der Waals surface area (Å²) in [6.45, 7) is 1.90. The maximum absolute atomic E-state index is 13.3. The van der Waals surface area contributed by atoms with E-state index in [4.69, 9.17) is 0 Å². The SMILES string of the molecule is Cc1csc(C(=O)C(Cc2ccccc2)=C(C(=O)[O-])c2ccc3nsnc3c2)c1.[Na+]. The fourth-order valence-electron chi connectivity index (χ4n) is 3.13. The van der Waals surface area contributed by atoms with E-state index in [2.05, 4.69) is 8.75 Å². The Labute approximate surface area is 203 Å². The van der Waals surface area contributed by atoms with Crippen molar-refractivity contribution in [3.8, 4) is 0 Å². The average Bonchev–Trinajstić information content (AvgIpc) is 3.36. The number of nitrogens with zero attached hydrogens (tertiary/aromatic N) is 2. The summed E-state index contributed by atoms with van der Waals surface area (Å²) in [7, 11) is 0. The van der Waals surface area contributed by atoms with Gasteiger partial charge in [0.05, 0.1) is 22.6 Å². The van der Waals surface area contributed by atoms with Crippen LogP contribution in [-0.2, 0) is 11.2 Å². The fourth-order valence-corrected chi connectivity index (χ4v) is 4.52. The maximum atomic E-state index is 13.3. The number of rotatable bonds is 6. The number of carbonyl (C=O) groups is 2. The molecule has 5 nitrogen and oxygen atoms in total. The van der Waals surface area contributed by atoms with Gasteiger partial charge in [0.25, 0.3) is 0 Å². The number of ketones is 1. The Bertz CT molecular complexity index is 1250. The first-order chi connectivity index (χ1) is 14.0. The molecule has 144 valence electrons. The largest absolute Gasteiger partial charge is 1.00 e. The van der Waals surface area contributed by atoms with Gasteiger partial charge in [-0.05, 0) is 47.2 Å². The molecular weight excluding hydrogens is 427 g/mol. The second-order valence-corrected chi connectivity index (χ2v) is 8.03. The first kappa shape index (κ1) is 22.5. The monoisotopic (exact) mass is 442 g/mol. The van der Waals surface area contributed by atoms with Gasteiger partial charge in [0.1, 0.15) is 11.0 Å². The second-order valence-electron chi connectivity index (χ2n) is 6.59. The molecule has 2 aromatic heterocycles. The number of fused-ring (bicyclic) bond motifs is 1. The molecule has 4 aromatic rings. The van der Waals surface area contributed by atoms with Crippen LogP contribution in [0.15, 0.2) is 65.6 Å². The molecule has 0 aliphatic heterocycles. The number of Topliss-reactive ketones (excluding diaryl/α,β-unsaturated/α-hetero) is 1. The van der Waals surface area contributed by atoms with Crippen LogP contribution in [0.25, 0.3) is 16.6 Å². The third-order valence-electron chi connectivity index (χ3n) is 4.50. The van der Waals surface area contributed by atoms with Gasteiger partial charge in [-0.15, -0.1) is 11.3 Å². The zero-order valence-electron chi connectivity index (χ0n) is 16.4. The second kappa shape index (κ2) is 9.76. The molecule has 0 aliphatic carbocycles. The van der Waals surface area contributed by atoms with E-state index in [1.54, 1.807) is 24.3 Å². The number of benzene rings is 2. The number of aryl methyl sites for hydroxylation is 1. The number of aromatic nitrogens is 2. The van der Waals surface area contributed by atoms with Crippen molar-refractivity contribution < 1.29 is 44.3 Å². The summed E-state index contributed by atoms with van der Waals surface area (Å²) < 4.78 is 8.33. The molecule has 0 atom stereocenters. The van der Waals surface area contributed by atoms with Gasteiger partial charge < -0.3 is 9.90 Å². The number of carboxylic acid groups (broad SMARTS) is 1. The molecule has 0 radical (unpaired) electrons. The molecule has 0 bridgehead atoms. The van der Waals surface area contributed by atoms with E-state index in [-0.39, 0.29) is 52.9 Å². The van der Waals surface area contributed by atoms with Gasteiger partial charge in [-0.3, -0.25) is 4.79 Å². The predicted octanol–water partition coefficient (Wildman–Crippen LogP) is 0.694. The van der Waals surface area contributed by atoms with Crippen molar-refractivity contribution in [3.63, 3.8) is 0 Å². The number of hydrogen-bond donors (Lipinski definition) is 0. The molecule has 8 heteroatoms. The normalized spacial score (nSPS) is 11.6. The summed E-state index contributed by atoms with van der Waals surface area (Å²) in [5, 5.41) is 14.1. The molecule has 0 spiro atoms. The van der Waals surface area contributed by atoms with Crippen molar-refractivity contribution in [2.45, 2.75) is 13.3 Å². The summed E-state index contributed by atoms with van der Waals surface area (Å²) in [5.41, 5.74) is 3.55. The van der Waals surface area contributed by atoms with E-state index in [0.29, 0.717) is 21.5 Å². The molecule has 0 unspecified atom stereocenters. The van der Waals surface area contributed by atoms with Gasteiger partial charge in [-0.2, -0.15) is 8.75 Å². The standard InChI is InChI=1S/C22H16N2O3S2.Na/c1-13-9-19(28-12-13)21(25)16(10-14-5-3-2-4-6-14)20(22(26)27)15-7-8-17-18(11-15)24-29-23-17;/h2-9,11-12H,10H2,1H3,(H,26,27);/q;+1/p-1. The number of aliphatic carboxylic acids is 1. The molecule has 4 rings (SSSR count). The molecule has 0 fully saturated rings. The molecule has 2 heterocycles. The van der Waals surface area contributed by atoms with E-state index >= 15 is 0 Å². The molecule has 0 amide bonds. The third-order valence-corrected chi connectivity index (χ3v) is 6.10. The average molecular weight is 442 g/mol. The van der Waals surface area contributed by atoms with Crippen molar-refractivity contribution in [2.75, 3.05) is 0 Å². The van der Waals surface area contributed by atoms with Crippen LogP contribution in [0.4, 0.5) is 0 Å². The van der Waals surface area contributed by atoms with Crippen LogP contribution in [0.2, 0.25) is 0 Å². The Morgan fingerprint density at radius 2 is 1.73 bits per heavy atom. The summed E-state index contributed by atoms with van der Waals surface area (Å²) in [5.74, 6) is -1.69. The number of allylic oxidation sites excluding steroid dienone is 1. The van der Waals surface area contributed by atoms with Crippen molar-refractivity contribution in [1.82, 2.24) is 8.75 Å². The van der Waals surface area contributed by atoms with Gasteiger partial charge in [-0.1, -0.05) is 36.4 Å². The topological polar surface area (TPSA) is 83.0 Å². The summed E-state index contributed by atoms with van der Waals surface area (Å²) in [6.07, 6.45) is 0.188. The van der Waals surface area contributed by atoms with E-state index in [1.807, 2.05) is 42.6 Å². The molecule has 0 aliphatic rings. The van der Waals surface area contributed by atoms with Crippen molar-refractivity contribution >= 4 is 51.4 Å². The Hall–Kier alpha value is -2.16. The first-order valence-corrected chi connectivity index (χ1v) is 10.4. The van der Waals surface area contributed by atoms with Gasteiger partial charge >= 0.3 is 29.6 Å². The summed E-state index contributed by atoms with van der Waals surface area (Å²) in [6, 6.07) is 16.1. The zero-order valence-corrected chi connectivity index (χ0v) is 20.0. The van der Waals surface area contributed by atoms with Gasteiger partial charge in [0, 0.05) is 17.6 Å². The minimum atomic E-state index is -1.39. The van der Waals surface area contributed by atoms with Crippen LogP contribution >= 0.6 is 23.1 Å². The van der Waals surface area contributed by atoms with Crippen LogP contribution in [0.5, 0.6) is 0 Å². The third kappa shape index (κ3) is 4.77. The van der Waals surface area contributed by atoms with Crippen LogP contribution in [0.3, 0.4) is 0 Å². The fraction of sp³-hybridized carbons (Fsp3) is 0.0909. The number of carboxylic acids is 1. The van der Waals surface area contributed by atoms with Crippen molar-refractivity contribution in [1.29, 1.82) is 0 Å². The summed E-state index contributed by atoms with van der Waals surface area (Å²) >= 11 is 2.36. The minimum absolute atomic E-state index is 0. The molecule has 0 N–H and O–H groups in total. The van der Waals surface area contributed by atoms with E-state index < -0.39 is 5.97 Å². The van der Waals surface area contributed by atoms with Crippen LogP contribution in [0.1, 0.15) is 26.4 Å². The number of thiophene rings is 1. The van der Waals surface area contributed by atoms with Gasteiger partial charge in [0.2, 0.25) is 0 Å². The smallest absolute Gasteiger partial charge is 0.545 e. The van der Waals surface area contributed by atoms with Crippen LogP contribution < -0.4 is 34.7 Å². The Morgan fingerprint density at radius 3 is 2.40 bits per heavy atom. The van der Waals surface area contributed by atoms with Crippen LogP contribution in [0, 0.1) is 6.92 Å². The first-order valence-electron chi connectivity index (χ1n) is 8.84. The summed E-state index contributed by atoms with van der Waals surface area (Å²) in [4.78, 5) is 26.0. The predicted molar refractivity (Wildman–Crippen MR) is 113 cm³/mol. The van der Waals surface area contributed by atoms with E-state index in [9.17, 15) is 14.7 Å². The molecule has 2 aromatic carbocycles. The Morgan fingerprint density at radius 1 is 1.00 bits per heavy atom. The number of hydrogen-bond acceptors (Lipinski definition) is 7. The van der Waals surface area contributed by atoms with Crippen molar-refractivity contribution in [3.05, 3.63) is 87.1 Å². The maximum Gasteiger partial charge on any atom is 1.00 e. The zero-order chi connectivity index (χ0) is 20.4. The molecular formula is C22H15N2NaO3S2. The Kier molecular flexibility index (Phi) is 7.33. The van der Waals surface area contributed by atoms with E-state index in [1.165, 1.54) is 11.3 Å². The van der Waals surface area contributed by atoms with Gasteiger partial charge in [-0.25, -0.2) is 0 Å². The molecule has 0 saturated heterocycles. The van der Waals surface area contributed by atoms with Crippen molar-refractivity contribution in [2.24, 2.45) is 0 Å². The van der Waals surface area contributed by atoms with Crippen LogP contribution in [-0.4, -0.2) is 20.5 Å². The van der Waals surface area contributed by atoms with Gasteiger partial charge in [0.15, 0.2) is 5.78 Å².